The Balaban J connectivity index is 1.95. The van der Waals surface area contributed by atoms with Gasteiger partial charge in [0.25, 0.3) is 0 Å². The first-order valence-corrected chi connectivity index (χ1v) is 6.41. The van der Waals surface area contributed by atoms with E-state index >= 15 is 0 Å². The Morgan fingerprint density at radius 1 is 0.842 bits per heavy atom. The highest BCUT2D eigenvalue weighted by Gasteiger charge is 1.95. The summed E-state index contributed by atoms with van der Waals surface area (Å²) in [5, 5.41) is 3.24. The maximum atomic E-state index is 5.57. The van der Waals surface area contributed by atoms with E-state index in [1.54, 1.807) is 14.2 Å². The quantitative estimate of drug-likeness (QED) is 0.614. The monoisotopic (exact) mass is 269 g/mol. The molecule has 0 unspecified atom stereocenters. The van der Waals surface area contributed by atoms with Gasteiger partial charge in [-0.1, -0.05) is 0 Å². The third kappa shape index (κ3) is 7.66. The van der Waals surface area contributed by atoms with E-state index in [1.807, 2.05) is 24.3 Å². The summed E-state index contributed by atoms with van der Waals surface area (Å²) in [5.41, 5.74) is 0. The Morgan fingerprint density at radius 2 is 1.53 bits per heavy atom. The number of benzene rings is 1. The van der Waals surface area contributed by atoms with Gasteiger partial charge in [0.15, 0.2) is 0 Å². The zero-order valence-electron chi connectivity index (χ0n) is 11.7. The third-order valence-electron chi connectivity index (χ3n) is 2.46. The maximum absolute atomic E-state index is 5.57. The summed E-state index contributed by atoms with van der Waals surface area (Å²) in [6, 6.07) is 7.55. The van der Waals surface area contributed by atoms with Crippen molar-refractivity contribution >= 4 is 0 Å². The minimum Gasteiger partial charge on any atom is -0.497 e. The zero-order valence-corrected chi connectivity index (χ0v) is 11.7. The van der Waals surface area contributed by atoms with E-state index in [4.69, 9.17) is 18.9 Å². The van der Waals surface area contributed by atoms with Gasteiger partial charge in [-0.2, -0.15) is 0 Å². The van der Waals surface area contributed by atoms with Gasteiger partial charge in [-0.25, -0.2) is 0 Å². The Bertz CT molecular complexity index is 316. The van der Waals surface area contributed by atoms with Crippen LogP contribution in [0.4, 0.5) is 0 Å². The lowest BCUT2D eigenvalue weighted by Crippen LogP contribution is -2.25. The predicted molar refractivity (Wildman–Crippen MR) is 74.1 cm³/mol. The van der Waals surface area contributed by atoms with E-state index in [0.717, 1.165) is 24.6 Å². The number of methoxy groups -OCH3 is 2. The first kappa shape index (κ1) is 15.8. The fourth-order valence-corrected chi connectivity index (χ4v) is 1.43. The summed E-state index contributed by atoms with van der Waals surface area (Å²) in [4.78, 5) is 0. The van der Waals surface area contributed by atoms with Crippen LogP contribution in [0.5, 0.6) is 11.5 Å². The lowest BCUT2D eigenvalue weighted by Gasteiger charge is -2.08. The molecule has 1 aromatic rings. The second kappa shape index (κ2) is 10.6. The lowest BCUT2D eigenvalue weighted by molar-refractivity contribution is 0.0717. The predicted octanol–water partition coefficient (Wildman–Crippen LogP) is 1.33. The lowest BCUT2D eigenvalue weighted by atomic mass is 10.3. The van der Waals surface area contributed by atoms with Gasteiger partial charge in [0.2, 0.25) is 0 Å². The second-order valence-corrected chi connectivity index (χ2v) is 3.88. The molecule has 1 N–H and O–H groups in total. The van der Waals surface area contributed by atoms with Crippen molar-refractivity contribution in [3.8, 4) is 11.5 Å². The number of hydrogen-bond donors (Lipinski definition) is 1. The SMILES string of the molecule is COCCOCCNCCOc1ccc(OC)cc1. The number of nitrogens with one attached hydrogen (secondary N) is 1. The molecule has 0 aliphatic rings. The van der Waals surface area contributed by atoms with Gasteiger partial charge in [0.1, 0.15) is 18.1 Å². The molecule has 0 bridgehead atoms. The van der Waals surface area contributed by atoms with Crippen LogP contribution in [0.1, 0.15) is 0 Å². The standard InChI is InChI=1S/C14H23NO4/c1-16-11-12-18-9-7-15-8-10-19-14-5-3-13(17-2)4-6-14/h3-6,15H,7-12H2,1-2H3. The zero-order chi connectivity index (χ0) is 13.8. The van der Waals surface area contributed by atoms with E-state index < -0.39 is 0 Å². The highest BCUT2D eigenvalue weighted by Crippen LogP contribution is 2.16. The highest BCUT2D eigenvalue weighted by atomic mass is 16.5. The second-order valence-electron chi connectivity index (χ2n) is 3.88. The van der Waals surface area contributed by atoms with Crippen LogP contribution in [0.2, 0.25) is 0 Å². The first-order chi connectivity index (χ1) is 9.36. The van der Waals surface area contributed by atoms with Gasteiger partial charge in [0, 0.05) is 20.2 Å². The molecule has 0 saturated heterocycles. The van der Waals surface area contributed by atoms with Crippen molar-refractivity contribution in [2.45, 2.75) is 0 Å². The third-order valence-corrected chi connectivity index (χ3v) is 2.46. The molecule has 0 aromatic heterocycles. The van der Waals surface area contributed by atoms with E-state index in [9.17, 15) is 0 Å². The molecule has 0 heterocycles. The fourth-order valence-electron chi connectivity index (χ4n) is 1.43. The summed E-state index contributed by atoms with van der Waals surface area (Å²) in [7, 11) is 3.31. The van der Waals surface area contributed by atoms with Gasteiger partial charge in [-0.15, -0.1) is 0 Å². The van der Waals surface area contributed by atoms with Crippen molar-refractivity contribution in [2.24, 2.45) is 0 Å². The van der Waals surface area contributed by atoms with Gasteiger partial charge in [-0.3, -0.25) is 0 Å². The van der Waals surface area contributed by atoms with E-state index in [-0.39, 0.29) is 0 Å². The molecule has 0 atom stereocenters. The Hall–Kier alpha value is -1.30. The molecule has 0 aliphatic heterocycles. The molecular formula is C14H23NO4. The maximum Gasteiger partial charge on any atom is 0.119 e. The molecule has 5 heteroatoms. The molecule has 0 radical (unpaired) electrons. The molecule has 0 spiro atoms. The Kier molecular flexibility index (Phi) is 8.80. The van der Waals surface area contributed by atoms with E-state index in [2.05, 4.69) is 5.32 Å². The van der Waals surface area contributed by atoms with Crippen LogP contribution < -0.4 is 14.8 Å². The minimum absolute atomic E-state index is 0.629. The smallest absolute Gasteiger partial charge is 0.119 e. The average molecular weight is 269 g/mol. The van der Waals surface area contributed by atoms with Gasteiger partial charge in [-0.05, 0) is 24.3 Å². The first-order valence-electron chi connectivity index (χ1n) is 6.41. The van der Waals surface area contributed by atoms with E-state index in [0.29, 0.717) is 26.4 Å². The average Bonchev–Trinajstić information content (AvgIpc) is 2.46. The molecule has 0 aliphatic carbocycles. The normalized spacial score (nSPS) is 10.4. The summed E-state index contributed by atoms with van der Waals surface area (Å²) in [5.74, 6) is 1.68. The van der Waals surface area contributed by atoms with Crippen molar-refractivity contribution in [3.05, 3.63) is 24.3 Å². The number of ether oxygens (including phenoxy) is 4. The van der Waals surface area contributed by atoms with Crippen molar-refractivity contribution in [1.29, 1.82) is 0 Å². The minimum atomic E-state index is 0.629. The van der Waals surface area contributed by atoms with Crippen molar-refractivity contribution < 1.29 is 18.9 Å². The molecule has 0 fully saturated rings. The van der Waals surface area contributed by atoms with Crippen LogP contribution in [-0.4, -0.2) is 53.7 Å². The van der Waals surface area contributed by atoms with Crippen molar-refractivity contribution in [2.75, 3.05) is 53.7 Å². The largest absolute Gasteiger partial charge is 0.497 e. The topological polar surface area (TPSA) is 49.0 Å². The van der Waals surface area contributed by atoms with Crippen LogP contribution in [0, 0.1) is 0 Å². The van der Waals surface area contributed by atoms with Crippen LogP contribution >= 0.6 is 0 Å². The molecule has 19 heavy (non-hydrogen) atoms. The molecule has 108 valence electrons. The van der Waals surface area contributed by atoms with Crippen molar-refractivity contribution in [1.82, 2.24) is 5.32 Å². The Morgan fingerprint density at radius 3 is 2.21 bits per heavy atom. The van der Waals surface area contributed by atoms with Gasteiger partial charge < -0.3 is 24.3 Å². The van der Waals surface area contributed by atoms with Gasteiger partial charge >= 0.3 is 0 Å². The molecule has 1 rings (SSSR count). The molecular weight excluding hydrogens is 246 g/mol. The summed E-state index contributed by atoms with van der Waals surface area (Å²) in [6.07, 6.45) is 0. The van der Waals surface area contributed by atoms with Crippen LogP contribution in [-0.2, 0) is 9.47 Å². The van der Waals surface area contributed by atoms with E-state index in [1.165, 1.54) is 0 Å². The summed E-state index contributed by atoms with van der Waals surface area (Å²) in [6.45, 7) is 4.20. The molecule has 1 aromatic carbocycles. The molecule has 5 nitrogen and oxygen atoms in total. The van der Waals surface area contributed by atoms with Crippen LogP contribution in [0.15, 0.2) is 24.3 Å². The van der Waals surface area contributed by atoms with Gasteiger partial charge in [0.05, 0.1) is 26.9 Å². The molecule has 0 amide bonds. The Labute approximate surface area is 114 Å². The summed E-state index contributed by atoms with van der Waals surface area (Å²) >= 11 is 0. The number of hydrogen-bond acceptors (Lipinski definition) is 5. The van der Waals surface area contributed by atoms with Crippen LogP contribution in [0.3, 0.4) is 0 Å². The van der Waals surface area contributed by atoms with Crippen molar-refractivity contribution in [3.63, 3.8) is 0 Å². The van der Waals surface area contributed by atoms with Crippen LogP contribution in [0.25, 0.3) is 0 Å². The molecule has 0 saturated carbocycles. The summed E-state index contributed by atoms with van der Waals surface area (Å²) < 4.78 is 20.8. The highest BCUT2D eigenvalue weighted by molar-refractivity contribution is 5.31. The number of rotatable bonds is 11. The fraction of sp³-hybridized carbons (Fsp3) is 0.571.